The molecular weight excluding hydrogens is 314 g/mol. The van der Waals surface area contributed by atoms with Gasteiger partial charge in [-0.05, 0) is 44.5 Å². The number of hydrogen-bond donors (Lipinski definition) is 1. The van der Waals surface area contributed by atoms with E-state index >= 15 is 0 Å². The largest absolute Gasteiger partial charge is 0.497 e. The smallest absolute Gasteiger partial charge is 0.237 e. The van der Waals surface area contributed by atoms with Gasteiger partial charge in [0.1, 0.15) is 11.6 Å². The number of aromatic amines is 1. The van der Waals surface area contributed by atoms with Gasteiger partial charge < -0.3 is 14.6 Å². The number of benzene rings is 2. The summed E-state index contributed by atoms with van der Waals surface area (Å²) in [5, 5.41) is 0. The van der Waals surface area contributed by atoms with E-state index in [0.29, 0.717) is 6.54 Å². The van der Waals surface area contributed by atoms with Crippen molar-refractivity contribution in [3.63, 3.8) is 0 Å². The third kappa shape index (κ3) is 2.22. The molecule has 1 N–H and O–H groups in total. The maximum absolute atomic E-state index is 12.7. The highest BCUT2D eigenvalue weighted by molar-refractivity contribution is 6.08. The number of nitrogens with one attached hydrogen (secondary N) is 1. The first-order valence-electron chi connectivity index (χ1n) is 8.46. The van der Waals surface area contributed by atoms with E-state index in [-0.39, 0.29) is 5.91 Å². The molecule has 1 amide bonds. The molecule has 5 heteroatoms. The second-order valence-corrected chi connectivity index (χ2v) is 6.87. The van der Waals surface area contributed by atoms with Gasteiger partial charge in [-0.1, -0.05) is 12.1 Å². The molecule has 1 aromatic heterocycles. The first-order valence-corrected chi connectivity index (χ1v) is 8.46. The topological polar surface area (TPSA) is 58.2 Å². The van der Waals surface area contributed by atoms with Crippen molar-refractivity contribution < 1.29 is 9.53 Å². The van der Waals surface area contributed by atoms with Crippen molar-refractivity contribution >= 4 is 22.6 Å². The number of fused-ring (bicyclic) bond motifs is 2. The Balaban J connectivity index is 1.83. The van der Waals surface area contributed by atoms with E-state index in [1.165, 1.54) is 0 Å². The standard InChI is InChI=1S/C20H21N3O2/c1-5-23-17-10-12(6-8-14(17)20(2,3)19(23)24)18-21-15-9-7-13(25-4)11-16(15)22-18/h6-11H,5H2,1-4H3,(H,21,22). The summed E-state index contributed by atoms with van der Waals surface area (Å²) in [6.07, 6.45) is 0. The Kier molecular flexibility index (Phi) is 3.35. The fourth-order valence-corrected chi connectivity index (χ4v) is 3.56. The molecular formula is C20H21N3O2. The predicted molar refractivity (Wildman–Crippen MR) is 99.1 cm³/mol. The van der Waals surface area contributed by atoms with E-state index in [1.807, 2.05) is 56.0 Å². The van der Waals surface area contributed by atoms with Gasteiger partial charge in [-0.2, -0.15) is 0 Å². The van der Waals surface area contributed by atoms with Crippen LogP contribution in [0.4, 0.5) is 5.69 Å². The lowest BCUT2D eigenvalue weighted by Gasteiger charge is -2.18. The number of methoxy groups -OCH3 is 1. The molecule has 0 saturated carbocycles. The second kappa shape index (κ2) is 5.34. The molecule has 3 aromatic rings. The van der Waals surface area contributed by atoms with Gasteiger partial charge in [0, 0.05) is 23.9 Å². The van der Waals surface area contributed by atoms with E-state index in [1.54, 1.807) is 7.11 Å². The minimum Gasteiger partial charge on any atom is -0.497 e. The van der Waals surface area contributed by atoms with Crippen molar-refractivity contribution in [2.24, 2.45) is 0 Å². The lowest BCUT2D eigenvalue weighted by molar-refractivity contribution is -0.122. The lowest BCUT2D eigenvalue weighted by Crippen LogP contribution is -2.35. The van der Waals surface area contributed by atoms with Gasteiger partial charge in [-0.15, -0.1) is 0 Å². The maximum Gasteiger partial charge on any atom is 0.237 e. The summed E-state index contributed by atoms with van der Waals surface area (Å²) in [6, 6.07) is 11.9. The monoisotopic (exact) mass is 335 g/mol. The SMILES string of the molecule is CCN1C(=O)C(C)(C)c2ccc(-c3nc4cc(OC)ccc4[nH]3)cc21. The molecule has 1 aliphatic heterocycles. The number of H-pyrrole nitrogens is 1. The fraction of sp³-hybridized carbons (Fsp3) is 0.300. The molecule has 0 spiro atoms. The van der Waals surface area contributed by atoms with Crippen LogP contribution < -0.4 is 9.64 Å². The molecule has 0 saturated heterocycles. The zero-order chi connectivity index (χ0) is 17.8. The predicted octanol–water partition coefficient (Wildman–Crippen LogP) is 3.88. The van der Waals surface area contributed by atoms with Crippen LogP contribution in [0.3, 0.4) is 0 Å². The molecule has 0 radical (unpaired) electrons. The Labute approximate surface area is 146 Å². The van der Waals surface area contributed by atoms with Crippen LogP contribution in [0, 0.1) is 0 Å². The highest BCUT2D eigenvalue weighted by Gasteiger charge is 2.43. The first-order chi connectivity index (χ1) is 12.0. The Morgan fingerprint density at radius 1 is 1.20 bits per heavy atom. The number of amides is 1. The number of aromatic nitrogens is 2. The zero-order valence-electron chi connectivity index (χ0n) is 14.9. The van der Waals surface area contributed by atoms with Crippen LogP contribution in [0.5, 0.6) is 5.75 Å². The van der Waals surface area contributed by atoms with Gasteiger partial charge >= 0.3 is 0 Å². The van der Waals surface area contributed by atoms with Crippen LogP contribution in [0.2, 0.25) is 0 Å². The van der Waals surface area contributed by atoms with Crippen molar-refractivity contribution in [1.29, 1.82) is 0 Å². The number of hydrogen-bond acceptors (Lipinski definition) is 3. The molecule has 128 valence electrons. The summed E-state index contributed by atoms with van der Waals surface area (Å²) >= 11 is 0. The molecule has 0 unspecified atom stereocenters. The molecule has 0 atom stereocenters. The summed E-state index contributed by atoms with van der Waals surface area (Å²) in [5.41, 5.74) is 4.36. The van der Waals surface area contributed by atoms with Crippen LogP contribution >= 0.6 is 0 Å². The highest BCUT2D eigenvalue weighted by atomic mass is 16.5. The summed E-state index contributed by atoms with van der Waals surface area (Å²) in [4.78, 5) is 22.5. The van der Waals surface area contributed by atoms with Crippen LogP contribution in [0.15, 0.2) is 36.4 Å². The number of rotatable bonds is 3. The zero-order valence-corrected chi connectivity index (χ0v) is 14.9. The molecule has 2 heterocycles. The minimum atomic E-state index is -0.481. The summed E-state index contributed by atoms with van der Waals surface area (Å²) in [5.74, 6) is 1.72. The maximum atomic E-state index is 12.7. The van der Waals surface area contributed by atoms with Crippen molar-refractivity contribution in [2.45, 2.75) is 26.2 Å². The molecule has 1 aliphatic rings. The molecule has 2 aromatic carbocycles. The number of imidazole rings is 1. The Morgan fingerprint density at radius 2 is 2.00 bits per heavy atom. The second-order valence-electron chi connectivity index (χ2n) is 6.87. The third-order valence-electron chi connectivity index (χ3n) is 5.02. The minimum absolute atomic E-state index is 0.150. The Hall–Kier alpha value is -2.82. The van der Waals surface area contributed by atoms with Crippen LogP contribution in [0.25, 0.3) is 22.4 Å². The molecule has 0 fully saturated rings. The Morgan fingerprint density at radius 3 is 2.72 bits per heavy atom. The van der Waals surface area contributed by atoms with E-state index in [4.69, 9.17) is 4.74 Å². The molecule has 0 aliphatic carbocycles. The molecule has 5 nitrogen and oxygen atoms in total. The summed E-state index contributed by atoms with van der Waals surface area (Å²) in [6.45, 7) is 6.63. The van der Waals surface area contributed by atoms with Gasteiger partial charge in [0.2, 0.25) is 5.91 Å². The molecule has 25 heavy (non-hydrogen) atoms. The van der Waals surface area contributed by atoms with E-state index < -0.39 is 5.41 Å². The highest BCUT2D eigenvalue weighted by Crippen LogP contribution is 2.43. The first kappa shape index (κ1) is 15.7. The van der Waals surface area contributed by atoms with Crippen molar-refractivity contribution in [3.8, 4) is 17.1 Å². The van der Waals surface area contributed by atoms with Crippen LogP contribution in [0.1, 0.15) is 26.3 Å². The van der Waals surface area contributed by atoms with E-state index in [2.05, 4.69) is 16.0 Å². The number of likely N-dealkylation sites (N-methyl/N-ethyl adjacent to an activating group) is 1. The van der Waals surface area contributed by atoms with Gasteiger partial charge in [-0.3, -0.25) is 4.79 Å². The number of carbonyl (C=O) groups is 1. The number of carbonyl (C=O) groups excluding carboxylic acids is 1. The van der Waals surface area contributed by atoms with Crippen molar-refractivity contribution in [2.75, 3.05) is 18.6 Å². The molecule has 4 rings (SSSR count). The number of ether oxygens (including phenoxy) is 1. The van der Waals surface area contributed by atoms with Gasteiger partial charge in [0.15, 0.2) is 0 Å². The van der Waals surface area contributed by atoms with Gasteiger partial charge in [0.25, 0.3) is 0 Å². The third-order valence-corrected chi connectivity index (χ3v) is 5.02. The van der Waals surface area contributed by atoms with E-state index in [0.717, 1.165) is 39.4 Å². The van der Waals surface area contributed by atoms with Crippen molar-refractivity contribution in [1.82, 2.24) is 9.97 Å². The fourth-order valence-electron chi connectivity index (χ4n) is 3.56. The van der Waals surface area contributed by atoms with Crippen LogP contribution in [-0.4, -0.2) is 29.5 Å². The number of anilines is 1. The van der Waals surface area contributed by atoms with E-state index in [9.17, 15) is 4.79 Å². The lowest BCUT2D eigenvalue weighted by atomic mass is 9.86. The van der Waals surface area contributed by atoms with Gasteiger partial charge in [-0.25, -0.2) is 4.98 Å². The number of nitrogens with zero attached hydrogens (tertiary/aromatic N) is 2. The molecule has 0 bridgehead atoms. The average molecular weight is 335 g/mol. The quantitative estimate of drug-likeness (QED) is 0.790. The van der Waals surface area contributed by atoms with Gasteiger partial charge in [0.05, 0.1) is 23.6 Å². The summed E-state index contributed by atoms with van der Waals surface area (Å²) in [7, 11) is 1.65. The Bertz CT molecular complexity index is 988. The summed E-state index contributed by atoms with van der Waals surface area (Å²) < 4.78 is 5.26. The normalized spacial score (nSPS) is 15.7. The van der Waals surface area contributed by atoms with Crippen molar-refractivity contribution in [3.05, 3.63) is 42.0 Å². The van der Waals surface area contributed by atoms with Crippen LogP contribution in [-0.2, 0) is 10.2 Å². The average Bonchev–Trinajstić information content (AvgIpc) is 3.12.